The highest BCUT2D eigenvalue weighted by atomic mass is 16.5. The summed E-state index contributed by atoms with van der Waals surface area (Å²) in [6.07, 6.45) is 2.61. The number of likely N-dealkylation sites (tertiary alicyclic amines) is 1. The highest BCUT2D eigenvalue weighted by Crippen LogP contribution is 2.23. The van der Waals surface area contributed by atoms with Crippen molar-refractivity contribution < 1.29 is 9.84 Å². The Hall–Kier alpha value is -0.160. The molecule has 18 heavy (non-hydrogen) atoms. The van der Waals surface area contributed by atoms with Crippen LogP contribution in [0.1, 0.15) is 33.6 Å². The summed E-state index contributed by atoms with van der Waals surface area (Å²) in [6.45, 7) is 12.1. The van der Waals surface area contributed by atoms with Gasteiger partial charge in [0.25, 0.3) is 0 Å². The van der Waals surface area contributed by atoms with E-state index in [-0.39, 0.29) is 12.2 Å². The Labute approximate surface area is 111 Å². The third-order valence-electron chi connectivity index (χ3n) is 4.09. The van der Waals surface area contributed by atoms with E-state index >= 15 is 0 Å². The first-order valence-electron chi connectivity index (χ1n) is 7.33. The van der Waals surface area contributed by atoms with E-state index in [0.29, 0.717) is 0 Å². The smallest absolute Gasteiger partial charge is 0.0900 e. The second kappa shape index (κ2) is 5.87. The van der Waals surface area contributed by atoms with Crippen molar-refractivity contribution in [3.05, 3.63) is 0 Å². The van der Waals surface area contributed by atoms with Gasteiger partial charge < -0.3 is 14.7 Å². The third kappa shape index (κ3) is 3.67. The van der Waals surface area contributed by atoms with E-state index in [1.54, 1.807) is 0 Å². The van der Waals surface area contributed by atoms with E-state index in [2.05, 4.69) is 30.6 Å². The van der Waals surface area contributed by atoms with Gasteiger partial charge in [0.15, 0.2) is 0 Å². The van der Waals surface area contributed by atoms with Crippen molar-refractivity contribution in [3.63, 3.8) is 0 Å². The molecule has 4 heteroatoms. The fourth-order valence-electron chi connectivity index (χ4n) is 3.43. The van der Waals surface area contributed by atoms with Gasteiger partial charge in [0.2, 0.25) is 0 Å². The first-order chi connectivity index (χ1) is 8.50. The molecule has 0 aliphatic carbocycles. The quantitative estimate of drug-likeness (QED) is 0.815. The molecule has 0 saturated carbocycles. The zero-order valence-electron chi connectivity index (χ0n) is 12.1. The normalized spacial score (nSPS) is 40.0. The second-order valence-electron chi connectivity index (χ2n) is 6.15. The maximum absolute atomic E-state index is 10.8. The number of ether oxygens (including phenoxy) is 1. The molecular formula is C14H28N2O2. The van der Waals surface area contributed by atoms with E-state index in [4.69, 9.17) is 4.74 Å². The van der Waals surface area contributed by atoms with Crippen LogP contribution in [0.4, 0.5) is 0 Å². The van der Waals surface area contributed by atoms with Crippen LogP contribution < -0.4 is 0 Å². The van der Waals surface area contributed by atoms with Gasteiger partial charge in [0.05, 0.1) is 17.8 Å². The molecule has 2 aliphatic heterocycles. The predicted molar refractivity (Wildman–Crippen MR) is 72.7 cm³/mol. The van der Waals surface area contributed by atoms with Gasteiger partial charge in [-0.05, 0) is 39.8 Å². The van der Waals surface area contributed by atoms with Gasteiger partial charge in [-0.15, -0.1) is 0 Å². The van der Waals surface area contributed by atoms with Gasteiger partial charge in [-0.3, -0.25) is 4.90 Å². The number of hydrogen-bond donors (Lipinski definition) is 1. The van der Waals surface area contributed by atoms with Crippen LogP contribution in [-0.2, 0) is 4.74 Å². The average Bonchev–Trinajstić information content (AvgIpc) is 2.26. The van der Waals surface area contributed by atoms with E-state index < -0.39 is 5.60 Å². The number of aliphatic hydroxyl groups is 1. The van der Waals surface area contributed by atoms with Gasteiger partial charge >= 0.3 is 0 Å². The molecule has 3 atom stereocenters. The minimum absolute atomic E-state index is 0.281. The third-order valence-corrected chi connectivity index (χ3v) is 4.09. The Morgan fingerprint density at radius 3 is 2.50 bits per heavy atom. The largest absolute Gasteiger partial charge is 0.387 e. The number of rotatable bonds is 3. The number of likely N-dealkylation sites (N-methyl/N-ethyl adjacent to an activating group) is 1. The highest BCUT2D eigenvalue weighted by Gasteiger charge is 2.36. The number of hydrogen-bond acceptors (Lipinski definition) is 4. The summed E-state index contributed by atoms with van der Waals surface area (Å²) in [5.41, 5.74) is -0.523. The van der Waals surface area contributed by atoms with E-state index in [9.17, 15) is 5.11 Å². The van der Waals surface area contributed by atoms with Crippen molar-refractivity contribution in [2.45, 2.75) is 51.4 Å². The highest BCUT2D eigenvalue weighted by molar-refractivity contribution is 4.91. The van der Waals surface area contributed by atoms with Crippen LogP contribution in [0.15, 0.2) is 0 Å². The number of nitrogens with zero attached hydrogens (tertiary/aromatic N) is 2. The standard InChI is InChI=1S/C14H28N2O2/c1-4-15-7-5-6-14(17,10-15)11-16-8-12(2)18-13(3)9-16/h12-13,17H,4-11H2,1-3H3. The van der Waals surface area contributed by atoms with Crippen LogP contribution in [-0.4, -0.2) is 72.0 Å². The lowest BCUT2D eigenvalue weighted by molar-refractivity contribution is -0.106. The Balaban J connectivity index is 1.90. The summed E-state index contributed by atoms with van der Waals surface area (Å²) in [6, 6.07) is 0. The Morgan fingerprint density at radius 1 is 1.22 bits per heavy atom. The summed E-state index contributed by atoms with van der Waals surface area (Å²) in [7, 11) is 0. The van der Waals surface area contributed by atoms with Crippen molar-refractivity contribution in [2.24, 2.45) is 0 Å². The van der Waals surface area contributed by atoms with Crippen molar-refractivity contribution in [1.29, 1.82) is 0 Å². The molecule has 0 bridgehead atoms. The fraction of sp³-hybridized carbons (Fsp3) is 1.00. The first kappa shape index (κ1) is 14.3. The van der Waals surface area contributed by atoms with Crippen LogP contribution in [0.5, 0.6) is 0 Å². The number of β-amino-alcohol motifs (C(OH)–C–C–N with tert-alkyl or cyclic N) is 1. The maximum Gasteiger partial charge on any atom is 0.0900 e. The lowest BCUT2D eigenvalue weighted by Crippen LogP contribution is -2.57. The zero-order valence-corrected chi connectivity index (χ0v) is 12.1. The summed E-state index contributed by atoms with van der Waals surface area (Å²) >= 11 is 0. The fourth-order valence-corrected chi connectivity index (χ4v) is 3.43. The van der Waals surface area contributed by atoms with Crippen molar-refractivity contribution in [2.75, 3.05) is 39.3 Å². The van der Waals surface area contributed by atoms with Gasteiger partial charge in [0, 0.05) is 26.2 Å². The van der Waals surface area contributed by atoms with Crippen LogP contribution in [0.2, 0.25) is 0 Å². The molecule has 0 spiro atoms. The molecular weight excluding hydrogens is 228 g/mol. The van der Waals surface area contributed by atoms with Gasteiger partial charge in [-0.1, -0.05) is 6.92 Å². The van der Waals surface area contributed by atoms with Crippen LogP contribution in [0, 0.1) is 0 Å². The average molecular weight is 256 g/mol. The molecule has 0 aromatic rings. The molecule has 2 saturated heterocycles. The Morgan fingerprint density at radius 2 is 1.89 bits per heavy atom. The molecule has 1 N–H and O–H groups in total. The molecule has 106 valence electrons. The summed E-state index contributed by atoms with van der Waals surface area (Å²) in [5.74, 6) is 0. The topological polar surface area (TPSA) is 35.9 Å². The molecule has 0 aromatic carbocycles. The summed E-state index contributed by atoms with van der Waals surface area (Å²) < 4.78 is 5.75. The Kier molecular flexibility index (Phi) is 4.64. The van der Waals surface area contributed by atoms with E-state index in [1.165, 1.54) is 0 Å². The first-order valence-corrected chi connectivity index (χ1v) is 7.33. The number of morpholine rings is 1. The van der Waals surface area contributed by atoms with Crippen LogP contribution in [0.25, 0.3) is 0 Å². The molecule has 2 heterocycles. The van der Waals surface area contributed by atoms with Gasteiger partial charge in [0.1, 0.15) is 0 Å². The molecule has 0 aromatic heterocycles. The molecule has 0 amide bonds. The zero-order chi connectivity index (χ0) is 13.2. The molecule has 2 fully saturated rings. The minimum atomic E-state index is -0.523. The molecule has 2 rings (SSSR count). The second-order valence-corrected chi connectivity index (χ2v) is 6.15. The maximum atomic E-state index is 10.8. The van der Waals surface area contributed by atoms with Crippen LogP contribution >= 0.6 is 0 Å². The Bertz CT molecular complexity index is 265. The molecule has 3 unspecified atom stereocenters. The van der Waals surface area contributed by atoms with Crippen molar-refractivity contribution in [3.8, 4) is 0 Å². The molecule has 4 nitrogen and oxygen atoms in total. The SMILES string of the molecule is CCN1CCCC(O)(CN2CC(C)OC(C)C2)C1. The summed E-state index contributed by atoms with van der Waals surface area (Å²) in [5, 5.41) is 10.8. The molecule has 0 radical (unpaired) electrons. The lowest BCUT2D eigenvalue weighted by atomic mass is 9.91. The van der Waals surface area contributed by atoms with Crippen molar-refractivity contribution >= 4 is 0 Å². The van der Waals surface area contributed by atoms with E-state index in [0.717, 1.165) is 52.1 Å². The van der Waals surface area contributed by atoms with Gasteiger partial charge in [-0.2, -0.15) is 0 Å². The van der Waals surface area contributed by atoms with Gasteiger partial charge in [-0.25, -0.2) is 0 Å². The summed E-state index contributed by atoms with van der Waals surface area (Å²) in [4.78, 5) is 4.73. The lowest BCUT2D eigenvalue weighted by Gasteiger charge is -2.44. The van der Waals surface area contributed by atoms with E-state index in [1.807, 2.05) is 0 Å². The predicted octanol–water partition coefficient (Wildman–Crippen LogP) is 0.942. The van der Waals surface area contributed by atoms with Crippen LogP contribution in [0.3, 0.4) is 0 Å². The molecule has 2 aliphatic rings. The number of piperidine rings is 1. The van der Waals surface area contributed by atoms with Crippen molar-refractivity contribution in [1.82, 2.24) is 9.80 Å². The minimum Gasteiger partial charge on any atom is -0.387 e. The monoisotopic (exact) mass is 256 g/mol.